The van der Waals surface area contributed by atoms with Crippen LogP contribution in [0.25, 0.3) is 22.2 Å². The summed E-state index contributed by atoms with van der Waals surface area (Å²) in [5.74, 6) is -0.307. The Morgan fingerprint density at radius 1 is 0.812 bits per heavy atom. The first kappa shape index (κ1) is 30.8. The van der Waals surface area contributed by atoms with Gasteiger partial charge in [-0.15, -0.1) is 0 Å². The molecule has 0 aliphatic carbocycles. The van der Waals surface area contributed by atoms with Crippen molar-refractivity contribution in [3.63, 3.8) is 0 Å². The van der Waals surface area contributed by atoms with Crippen LogP contribution in [-0.4, -0.2) is 45.3 Å². The molecular formula is C39H34N4O5. The Bertz CT molecular complexity index is 2040. The summed E-state index contributed by atoms with van der Waals surface area (Å²) in [5, 5.41) is 4.26. The van der Waals surface area contributed by atoms with Gasteiger partial charge in [-0.25, -0.2) is 19.6 Å². The molecule has 0 unspecified atom stereocenters. The average Bonchev–Trinajstić information content (AvgIpc) is 3.70. The number of nitrogens with zero attached hydrogens (tertiary/aromatic N) is 3. The fraction of sp³-hybridized carbons (Fsp3) is 0.179. The van der Waals surface area contributed by atoms with Crippen LogP contribution in [0.2, 0.25) is 0 Å². The van der Waals surface area contributed by atoms with Gasteiger partial charge >= 0.3 is 11.9 Å². The van der Waals surface area contributed by atoms with Crippen LogP contribution in [0, 0.1) is 13.8 Å². The predicted molar refractivity (Wildman–Crippen MR) is 183 cm³/mol. The zero-order valence-corrected chi connectivity index (χ0v) is 26.6. The Hall–Kier alpha value is -5.80. The minimum Gasteiger partial charge on any atom is -0.459 e. The SMILES string of the molecule is Cc1ccc(C(=O)OC[C@H]2O[C@@H](n3cc(-c4ccccc4)c4c(Nc5ccccc5)ncnc43)C[C@@H]2OC(=O)c2ccc(C)cc2)cc1. The number of ether oxygens (including phenoxy) is 3. The second kappa shape index (κ2) is 13.5. The van der Waals surface area contributed by atoms with Gasteiger partial charge in [0.05, 0.1) is 16.5 Å². The number of nitrogens with one attached hydrogen (secondary N) is 1. The molecule has 0 amide bonds. The molecule has 3 heterocycles. The molecule has 240 valence electrons. The van der Waals surface area contributed by atoms with Crippen molar-refractivity contribution in [3.8, 4) is 11.1 Å². The highest BCUT2D eigenvalue weighted by Gasteiger charge is 2.41. The summed E-state index contributed by atoms with van der Waals surface area (Å²) < 4.78 is 20.3. The van der Waals surface area contributed by atoms with Gasteiger partial charge < -0.3 is 24.1 Å². The molecular weight excluding hydrogens is 604 g/mol. The van der Waals surface area contributed by atoms with E-state index in [2.05, 4.69) is 10.3 Å². The van der Waals surface area contributed by atoms with E-state index in [0.717, 1.165) is 33.3 Å². The molecule has 9 nitrogen and oxygen atoms in total. The minimum absolute atomic E-state index is 0.102. The van der Waals surface area contributed by atoms with Crippen molar-refractivity contribution in [1.29, 1.82) is 0 Å². The largest absolute Gasteiger partial charge is 0.459 e. The Labute approximate surface area is 278 Å². The molecule has 48 heavy (non-hydrogen) atoms. The van der Waals surface area contributed by atoms with Gasteiger partial charge in [-0.3, -0.25) is 0 Å². The quantitative estimate of drug-likeness (QED) is 0.160. The molecule has 1 fully saturated rings. The highest BCUT2D eigenvalue weighted by molar-refractivity contribution is 6.02. The van der Waals surface area contributed by atoms with Crippen molar-refractivity contribution in [2.24, 2.45) is 0 Å². The highest BCUT2D eigenvalue weighted by Crippen LogP contribution is 2.40. The van der Waals surface area contributed by atoms with Crippen molar-refractivity contribution in [2.75, 3.05) is 11.9 Å². The summed E-state index contributed by atoms with van der Waals surface area (Å²) >= 11 is 0. The second-order valence-corrected chi connectivity index (χ2v) is 11.9. The number of rotatable bonds is 9. The van der Waals surface area contributed by atoms with Crippen LogP contribution in [0.15, 0.2) is 122 Å². The van der Waals surface area contributed by atoms with Crippen LogP contribution in [-0.2, 0) is 14.2 Å². The number of fused-ring (bicyclic) bond motifs is 1. The standard InChI is InChI=1S/C39H34N4O5/c1-25-13-17-28(18-14-25)38(44)46-23-33-32(48-39(45)29-19-15-26(2)16-20-29)21-34(47-33)43-22-31(27-9-5-3-6-10-27)35-36(40-24-41-37(35)43)42-30-11-7-4-8-12-30/h3-20,22,24,32-34H,21,23H2,1-2H3,(H,40,41,42)/t32-,33+,34+/m0/s1. The van der Waals surface area contributed by atoms with Crippen LogP contribution >= 0.6 is 0 Å². The lowest BCUT2D eigenvalue weighted by Gasteiger charge is -2.19. The Kier molecular flexibility index (Phi) is 8.68. The average molecular weight is 639 g/mol. The maximum Gasteiger partial charge on any atom is 0.338 e. The lowest BCUT2D eigenvalue weighted by molar-refractivity contribution is -0.0562. The van der Waals surface area contributed by atoms with Gasteiger partial charge in [-0.2, -0.15) is 0 Å². The van der Waals surface area contributed by atoms with Crippen molar-refractivity contribution >= 4 is 34.5 Å². The van der Waals surface area contributed by atoms with Crippen LogP contribution in [0.5, 0.6) is 0 Å². The number of anilines is 2. The van der Waals surface area contributed by atoms with E-state index in [9.17, 15) is 9.59 Å². The first-order valence-corrected chi connectivity index (χ1v) is 15.8. The second-order valence-electron chi connectivity index (χ2n) is 11.9. The molecule has 0 spiro atoms. The van der Waals surface area contributed by atoms with Crippen LogP contribution < -0.4 is 5.32 Å². The molecule has 1 N–H and O–H groups in total. The van der Waals surface area contributed by atoms with E-state index in [4.69, 9.17) is 19.2 Å². The van der Waals surface area contributed by atoms with E-state index in [-0.39, 0.29) is 6.61 Å². The molecule has 7 rings (SSSR count). The number of carbonyl (C=O) groups is 2. The maximum atomic E-state index is 13.3. The molecule has 0 bridgehead atoms. The molecule has 1 aliphatic rings. The number of aromatic nitrogens is 3. The first-order chi connectivity index (χ1) is 23.4. The Balaban J connectivity index is 1.22. The normalized spacial score (nSPS) is 17.2. The number of benzene rings is 4. The molecule has 3 atom stereocenters. The third-order valence-corrected chi connectivity index (χ3v) is 8.43. The number of aryl methyl sites for hydroxylation is 2. The zero-order chi connectivity index (χ0) is 33.0. The molecule has 4 aromatic carbocycles. The lowest BCUT2D eigenvalue weighted by Crippen LogP contribution is -2.32. The summed E-state index contributed by atoms with van der Waals surface area (Å²) in [7, 11) is 0. The zero-order valence-electron chi connectivity index (χ0n) is 26.6. The van der Waals surface area contributed by atoms with Crippen LogP contribution in [0.3, 0.4) is 0 Å². The number of esters is 2. The molecule has 2 aromatic heterocycles. The van der Waals surface area contributed by atoms with Crippen LogP contribution in [0.1, 0.15) is 44.5 Å². The van der Waals surface area contributed by atoms with Gasteiger partial charge in [0.1, 0.15) is 42.8 Å². The number of para-hydroxylation sites is 1. The summed E-state index contributed by atoms with van der Waals surface area (Å²) in [6.07, 6.45) is 1.83. The summed E-state index contributed by atoms with van der Waals surface area (Å²) in [6, 6.07) is 34.2. The van der Waals surface area contributed by atoms with Gasteiger partial charge in [0.15, 0.2) is 0 Å². The van der Waals surface area contributed by atoms with E-state index in [1.807, 2.05) is 110 Å². The van der Waals surface area contributed by atoms with Crippen molar-refractivity contribution in [3.05, 3.63) is 144 Å². The highest BCUT2D eigenvalue weighted by atomic mass is 16.6. The summed E-state index contributed by atoms with van der Waals surface area (Å²) in [6.45, 7) is 3.81. The number of hydrogen-bond acceptors (Lipinski definition) is 8. The van der Waals surface area contributed by atoms with E-state index >= 15 is 0 Å². The van der Waals surface area contributed by atoms with E-state index in [1.165, 1.54) is 6.33 Å². The van der Waals surface area contributed by atoms with Gasteiger partial charge in [-0.05, 0) is 55.8 Å². The topological polar surface area (TPSA) is 105 Å². The van der Waals surface area contributed by atoms with E-state index in [1.54, 1.807) is 24.3 Å². The summed E-state index contributed by atoms with van der Waals surface area (Å²) in [5.41, 5.74) is 6.37. The number of carbonyl (C=O) groups excluding carboxylic acids is 2. The monoisotopic (exact) mass is 638 g/mol. The van der Waals surface area contributed by atoms with Gasteiger partial charge in [0.2, 0.25) is 0 Å². The fourth-order valence-electron chi connectivity index (χ4n) is 5.87. The third-order valence-electron chi connectivity index (χ3n) is 8.43. The predicted octanol–water partition coefficient (Wildman–Crippen LogP) is 7.83. The lowest BCUT2D eigenvalue weighted by atomic mass is 10.1. The molecule has 1 aliphatic heterocycles. The van der Waals surface area contributed by atoms with Gasteiger partial charge in [-0.1, -0.05) is 83.9 Å². The molecule has 0 saturated carbocycles. The van der Waals surface area contributed by atoms with E-state index in [0.29, 0.717) is 29.0 Å². The fourth-order valence-corrected chi connectivity index (χ4v) is 5.87. The molecule has 1 saturated heterocycles. The molecule has 6 aromatic rings. The van der Waals surface area contributed by atoms with Gasteiger partial charge in [0.25, 0.3) is 0 Å². The van der Waals surface area contributed by atoms with Crippen molar-refractivity contribution in [2.45, 2.75) is 38.7 Å². The van der Waals surface area contributed by atoms with Crippen molar-refractivity contribution < 1.29 is 23.8 Å². The smallest absolute Gasteiger partial charge is 0.338 e. The van der Waals surface area contributed by atoms with Crippen molar-refractivity contribution in [1.82, 2.24) is 14.5 Å². The van der Waals surface area contributed by atoms with Gasteiger partial charge in [0, 0.05) is 23.9 Å². The maximum absolute atomic E-state index is 13.3. The molecule has 9 heteroatoms. The minimum atomic E-state index is -0.722. The Morgan fingerprint density at radius 3 is 2.10 bits per heavy atom. The summed E-state index contributed by atoms with van der Waals surface area (Å²) in [4.78, 5) is 35.6. The third kappa shape index (κ3) is 6.54. The van der Waals surface area contributed by atoms with E-state index < -0.39 is 30.4 Å². The van der Waals surface area contributed by atoms with Crippen LogP contribution in [0.4, 0.5) is 11.5 Å². The first-order valence-electron chi connectivity index (χ1n) is 15.8. The number of hydrogen-bond donors (Lipinski definition) is 1. The molecule has 0 radical (unpaired) electrons. The Morgan fingerprint density at radius 2 is 1.44 bits per heavy atom.